The topological polar surface area (TPSA) is 68.0 Å². The van der Waals surface area contributed by atoms with Gasteiger partial charge < -0.3 is 9.84 Å². The van der Waals surface area contributed by atoms with Crippen LogP contribution in [0.1, 0.15) is 37.8 Å². The predicted octanol–water partition coefficient (Wildman–Crippen LogP) is 5.31. The molecule has 0 aliphatic carbocycles. The molecule has 28 heavy (non-hydrogen) atoms. The van der Waals surface area contributed by atoms with Gasteiger partial charge in [-0.3, -0.25) is 4.79 Å². The van der Waals surface area contributed by atoms with Gasteiger partial charge in [-0.25, -0.2) is 0 Å². The van der Waals surface area contributed by atoms with E-state index in [-0.39, 0.29) is 17.9 Å². The van der Waals surface area contributed by atoms with E-state index in [0.717, 1.165) is 17.5 Å². The van der Waals surface area contributed by atoms with Crippen LogP contribution in [-0.4, -0.2) is 16.0 Å². The fourth-order valence-corrected chi connectivity index (χ4v) is 2.82. The molecule has 1 heterocycles. The lowest BCUT2D eigenvalue weighted by molar-refractivity contribution is -0.117. The molecule has 0 bridgehead atoms. The molecule has 1 aromatic heterocycles. The van der Waals surface area contributed by atoms with Gasteiger partial charge in [0.2, 0.25) is 17.6 Å². The molecule has 1 amide bonds. The maximum Gasteiger partial charge on any atom is 0.249 e. The van der Waals surface area contributed by atoms with Crippen LogP contribution in [0, 0.1) is 5.92 Å². The van der Waals surface area contributed by atoms with Crippen LogP contribution in [0.4, 0.5) is 0 Å². The summed E-state index contributed by atoms with van der Waals surface area (Å²) in [6.45, 7) is 4.10. The summed E-state index contributed by atoms with van der Waals surface area (Å²) in [5.41, 5.74) is 1.76. The van der Waals surface area contributed by atoms with Gasteiger partial charge in [-0.05, 0) is 41.8 Å². The third-order valence-electron chi connectivity index (χ3n) is 4.55. The van der Waals surface area contributed by atoms with E-state index in [1.807, 2.05) is 49.4 Å². The molecule has 0 radical (unpaired) electrons. The zero-order valence-electron chi connectivity index (χ0n) is 15.8. The van der Waals surface area contributed by atoms with Crippen molar-refractivity contribution in [1.29, 1.82) is 0 Å². The molecule has 0 saturated heterocycles. The highest BCUT2D eigenvalue weighted by atomic mass is 35.5. The normalized spacial score (nSPS) is 13.4. The Bertz CT molecular complexity index is 936. The standard InChI is InChI=1S/C22H22ClN3O2/c1-3-15(2)20(24-19(27)14-9-16-7-5-4-6-8-16)22-25-21(26-28-22)17-10-12-18(23)13-11-17/h4-15,20H,3H2,1-2H3,(H,24,27)/b14-9+/t15-,20+/m1/s1. The van der Waals surface area contributed by atoms with Crippen molar-refractivity contribution in [3.63, 3.8) is 0 Å². The van der Waals surface area contributed by atoms with Crippen molar-refractivity contribution < 1.29 is 9.32 Å². The van der Waals surface area contributed by atoms with E-state index in [1.165, 1.54) is 6.08 Å². The quantitative estimate of drug-likeness (QED) is 0.550. The molecule has 0 saturated carbocycles. The molecule has 0 spiro atoms. The minimum atomic E-state index is -0.369. The number of carbonyl (C=O) groups is 1. The molecule has 3 aromatic rings. The number of amides is 1. The SMILES string of the molecule is CC[C@@H](C)[C@H](NC(=O)/C=C/c1ccccc1)c1nc(-c2ccc(Cl)cc2)no1. The number of rotatable bonds is 7. The summed E-state index contributed by atoms with van der Waals surface area (Å²) in [4.78, 5) is 16.9. The summed E-state index contributed by atoms with van der Waals surface area (Å²) in [7, 11) is 0. The van der Waals surface area contributed by atoms with Crippen molar-refractivity contribution in [1.82, 2.24) is 15.5 Å². The largest absolute Gasteiger partial charge is 0.340 e. The van der Waals surface area contributed by atoms with Crippen LogP contribution < -0.4 is 5.32 Å². The monoisotopic (exact) mass is 395 g/mol. The first kappa shape index (κ1) is 19.8. The lowest BCUT2D eigenvalue weighted by Gasteiger charge is -2.19. The number of benzene rings is 2. The number of nitrogens with zero attached hydrogens (tertiary/aromatic N) is 2. The lowest BCUT2D eigenvalue weighted by atomic mass is 9.99. The maximum atomic E-state index is 12.4. The average Bonchev–Trinajstić information content (AvgIpc) is 3.21. The van der Waals surface area contributed by atoms with Gasteiger partial charge >= 0.3 is 0 Å². The molecular formula is C22H22ClN3O2. The number of hydrogen-bond donors (Lipinski definition) is 1. The van der Waals surface area contributed by atoms with Crippen molar-refractivity contribution in [2.45, 2.75) is 26.3 Å². The number of nitrogens with one attached hydrogen (secondary N) is 1. The second-order valence-electron chi connectivity index (χ2n) is 6.58. The van der Waals surface area contributed by atoms with Crippen LogP contribution >= 0.6 is 11.6 Å². The van der Waals surface area contributed by atoms with Crippen LogP contribution in [-0.2, 0) is 4.79 Å². The Morgan fingerprint density at radius 2 is 1.89 bits per heavy atom. The molecule has 6 heteroatoms. The first-order chi connectivity index (χ1) is 13.6. The van der Waals surface area contributed by atoms with Crippen LogP contribution in [0.2, 0.25) is 5.02 Å². The van der Waals surface area contributed by atoms with Crippen LogP contribution in [0.25, 0.3) is 17.5 Å². The third-order valence-corrected chi connectivity index (χ3v) is 4.80. The fourth-order valence-electron chi connectivity index (χ4n) is 2.70. The predicted molar refractivity (Wildman–Crippen MR) is 111 cm³/mol. The lowest BCUT2D eigenvalue weighted by Crippen LogP contribution is -2.31. The Morgan fingerprint density at radius 3 is 2.57 bits per heavy atom. The van der Waals surface area contributed by atoms with Crippen LogP contribution in [0.5, 0.6) is 0 Å². The smallest absolute Gasteiger partial charge is 0.249 e. The van der Waals surface area contributed by atoms with E-state index in [4.69, 9.17) is 16.1 Å². The zero-order chi connectivity index (χ0) is 19.9. The molecule has 2 aromatic carbocycles. The highest BCUT2D eigenvalue weighted by Crippen LogP contribution is 2.26. The first-order valence-electron chi connectivity index (χ1n) is 9.20. The van der Waals surface area contributed by atoms with Gasteiger partial charge in [0.15, 0.2) is 0 Å². The van der Waals surface area contributed by atoms with Crippen molar-refractivity contribution in [2.75, 3.05) is 0 Å². The Morgan fingerprint density at radius 1 is 1.18 bits per heavy atom. The molecule has 3 rings (SSSR count). The van der Waals surface area contributed by atoms with Gasteiger partial charge in [0, 0.05) is 16.7 Å². The van der Waals surface area contributed by atoms with Crippen LogP contribution in [0.15, 0.2) is 65.2 Å². The molecule has 0 fully saturated rings. The minimum absolute atomic E-state index is 0.132. The molecular weight excluding hydrogens is 374 g/mol. The van der Waals surface area contributed by atoms with Gasteiger partial charge in [0.05, 0.1) is 0 Å². The van der Waals surface area contributed by atoms with Crippen molar-refractivity contribution in [3.05, 3.63) is 77.2 Å². The fraction of sp³-hybridized carbons (Fsp3) is 0.227. The van der Waals surface area contributed by atoms with Crippen molar-refractivity contribution in [2.24, 2.45) is 5.92 Å². The van der Waals surface area contributed by atoms with Gasteiger partial charge in [0.1, 0.15) is 6.04 Å². The van der Waals surface area contributed by atoms with Crippen LogP contribution in [0.3, 0.4) is 0 Å². The maximum absolute atomic E-state index is 12.4. The number of carbonyl (C=O) groups excluding carboxylic acids is 1. The van der Waals surface area contributed by atoms with E-state index in [2.05, 4.69) is 22.4 Å². The van der Waals surface area contributed by atoms with E-state index < -0.39 is 0 Å². The summed E-state index contributed by atoms with van der Waals surface area (Å²) < 4.78 is 5.47. The van der Waals surface area contributed by atoms with E-state index in [1.54, 1.807) is 18.2 Å². The first-order valence-corrected chi connectivity index (χ1v) is 9.57. The Hall–Kier alpha value is -2.92. The Balaban J connectivity index is 1.76. The highest BCUT2D eigenvalue weighted by molar-refractivity contribution is 6.30. The van der Waals surface area contributed by atoms with E-state index in [9.17, 15) is 4.79 Å². The zero-order valence-corrected chi connectivity index (χ0v) is 16.6. The third kappa shape index (κ3) is 5.08. The average molecular weight is 396 g/mol. The summed E-state index contributed by atoms with van der Waals surface area (Å²) in [6, 6.07) is 16.5. The van der Waals surface area contributed by atoms with Gasteiger partial charge in [-0.1, -0.05) is 67.4 Å². The second-order valence-corrected chi connectivity index (χ2v) is 7.02. The number of hydrogen-bond acceptors (Lipinski definition) is 4. The van der Waals surface area contributed by atoms with Gasteiger partial charge in [0.25, 0.3) is 0 Å². The summed E-state index contributed by atoms with van der Waals surface area (Å²) in [5, 5.41) is 7.68. The summed E-state index contributed by atoms with van der Waals surface area (Å²) in [5.74, 6) is 0.780. The summed E-state index contributed by atoms with van der Waals surface area (Å²) >= 11 is 5.93. The van der Waals surface area contributed by atoms with Crippen molar-refractivity contribution >= 4 is 23.6 Å². The number of aromatic nitrogens is 2. The Kier molecular flexibility index (Phi) is 6.61. The minimum Gasteiger partial charge on any atom is -0.340 e. The molecule has 144 valence electrons. The Labute approximate surface area is 169 Å². The van der Waals surface area contributed by atoms with Gasteiger partial charge in [-0.2, -0.15) is 4.98 Å². The second kappa shape index (κ2) is 9.33. The van der Waals surface area contributed by atoms with E-state index in [0.29, 0.717) is 16.7 Å². The molecule has 0 aliphatic heterocycles. The van der Waals surface area contributed by atoms with Crippen molar-refractivity contribution in [3.8, 4) is 11.4 Å². The summed E-state index contributed by atoms with van der Waals surface area (Å²) in [6.07, 6.45) is 4.14. The molecule has 2 atom stereocenters. The molecule has 0 unspecified atom stereocenters. The van der Waals surface area contributed by atoms with E-state index >= 15 is 0 Å². The number of halogens is 1. The molecule has 5 nitrogen and oxygen atoms in total. The highest BCUT2D eigenvalue weighted by Gasteiger charge is 2.25. The molecule has 0 aliphatic rings. The molecule has 1 N–H and O–H groups in total. The van der Waals surface area contributed by atoms with Gasteiger partial charge in [-0.15, -0.1) is 0 Å².